The van der Waals surface area contributed by atoms with Crippen molar-refractivity contribution >= 4 is 6.21 Å². The molecule has 0 radical (unpaired) electrons. The number of hydrogen-bond donors (Lipinski definition) is 1. The smallest absolute Gasteiger partial charge is 0.161 e. The van der Waals surface area contributed by atoms with Gasteiger partial charge >= 0.3 is 0 Å². The molecule has 0 aliphatic carbocycles. The van der Waals surface area contributed by atoms with Crippen LogP contribution in [0.3, 0.4) is 0 Å². The third kappa shape index (κ3) is 4.41. The second-order valence-electron chi connectivity index (χ2n) is 4.36. The molecule has 5 heteroatoms. The van der Waals surface area contributed by atoms with E-state index in [1.54, 1.807) is 6.07 Å². The monoisotopic (exact) mass is 301 g/mol. The van der Waals surface area contributed by atoms with E-state index in [-0.39, 0.29) is 0 Å². The van der Waals surface area contributed by atoms with Gasteiger partial charge in [-0.3, -0.25) is 0 Å². The van der Waals surface area contributed by atoms with Gasteiger partial charge < -0.3 is 19.4 Å². The SMILES string of the molecule is CCOc1ccccc1OCCOc1ccccc1C=NO. The Morgan fingerprint density at radius 1 is 0.864 bits per heavy atom. The Labute approximate surface area is 129 Å². The molecule has 2 aromatic carbocycles. The summed E-state index contributed by atoms with van der Waals surface area (Å²) >= 11 is 0. The van der Waals surface area contributed by atoms with E-state index < -0.39 is 0 Å². The minimum Gasteiger partial charge on any atom is -0.490 e. The summed E-state index contributed by atoms with van der Waals surface area (Å²) in [4.78, 5) is 0. The average Bonchev–Trinajstić information content (AvgIpc) is 2.55. The summed E-state index contributed by atoms with van der Waals surface area (Å²) in [5.41, 5.74) is 0.708. The number of benzene rings is 2. The predicted molar refractivity (Wildman–Crippen MR) is 84.4 cm³/mol. The molecule has 1 N–H and O–H groups in total. The first-order valence-corrected chi connectivity index (χ1v) is 7.09. The average molecular weight is 301 g/mol. The summed E-state index contributed by atoms with van der Waals surface area (Å²) in [7, 11) is 0. The highest BCUT2D eigenvalue weighted by Crippen LogP contribution is 2.26. The van der Waals surface area contributed by atoms with Crippen molar-refractivity contribution in [1.82, 2.24) is 0 Å². The Bertz CT molecular complexity index is 613. The van der Waals surface area contributed by atoms with Crippen LogP contribution in [-0.2, 0) is 0 Å². The molecular weight excluding hydrogens is 282 g/mol. The lowest BCUT2D eigenvalue weighted by atomic mass is 10.2. The molecular formula is C17H19NO4. The molecule has 0 aliphatic rings. The number of oxime groups is 1. The maximum atomic E-state index is 8.62. The van der Waals surface area contributed by atoms with E-state index in [1.165, 1.54) is 6.21 Å². The zero-order valence-electron chi connectivity index (χ0n) is 12.4. The summed E-state index contributed by atoms with van der Waals surface area (Å²) in [6.07, 6.45) is 1.33. The largest absolute Gasteiger partial charge is 0.490 e. The van der Waals surface area contributed by atoms with Gasteiger partial charge in [0.2, 0.25) is 0 Å². The van der Waals surface area contributed by atoms with Crippen molar-refractivity contribution in [2.75, 3.05) is 19.8 Å². The summed E-state index contributed by atoms with van der Waals surface area (Å²) in [6.45, 7) is 3.27. The van der Waals surface area contributed by atoms with E-state index in [1.807, 2.05) is 49.4 Å². The molecule has 0 spiro atoms. The van der Waals surface area contributed by atoms with Crippen molar-refractivity contribution in [3.8, 4) is 17.2 Å². The molecule has 0 saturated carbocycles. The standard InChI is InChI=1S/C17H19NO4/c1-2-20-16-9-5-6-10-17(16)22-12-11-21-15-8-4-3-7-14(15)13-18-19/h3-10,13,19H,2,11-12H2,1H3. The topological polar surface area (TPSA) is 60.3 Å². The van der Waals surface area contributed by atoms with Gasteiger partial charge in [-0.1, -0.05) is 29.4 Å². The number of rotatable bonds is 8. The Morgan fingerprint density at radius 2 is 1.41 bits per heavy atom. The lowest BCUT2D eigenvalue weighted by Gasteiger charge is -2.12. The molecule has 0 bridgehead atoms. The van der Waals surface area contributed by atoms with Crippen molar-refractivity contribution in [3.05, 3.63) is 54.1 Å². The summed E-state index contributed by atoms with van der Waals surface area (Å²) in [5, 5.41) is 11.6. The van der Waals surface area contributed by atoms with Crippen LogP contribution in [-0.4, -0.2) is 31.2 Å². The maximum absolute atomic E-state index is 8.62. The zero-order chi connectivity index (χ0) is 15.6. The van der Waals surface area contributed by atoms with Crippen molar-refractivity contribution in [2.45, 2.75) is 6.92 Å². The Kier molecular flexibility index (Phi) is 6.11. The molecule has 0 saturated heterocycles. The summed E-state index contributed by atoms with van der Waals surface area (Å²) in [6, 6.07) is 14.8. The van der Waals surface area contributed by atoms with Gasteiger partial charge in [0, 0.05) is 5.56 Å². The second kappa shape index (κ2) is 8.56. The van der Waals surface area contributed by atoms with E-state index in [0.29, 0.717) is 36.9 Å². The van der Waals surface area contributed by atoms with Gasteiger partial charge in [0.25, 0.3) is 0 Å². The summed E-state index contributed by atoms with van der Waals surface area (Å²) < 4.78 is 16.8. The van der Waals surface area contributed by atoms with Gasteiger partial charge in [0.1, 0.15) is 19.0 Å². The molecule has 2 rings (SSSR count). The number of ether oxygens (including phenoxy) is 3. The van der Waals surface area contributed by atoms with Crippen LogP contribution in [0, 0.1) is 0 Å². The van der Waals surface area contributed by atoms with Gasteiger partial charge in [-0.15, -0.1) is 0 Å². The molecule has 0 fully saturated rings. The highest BCUT2D eigenvalue weighted by atomic mass is 16.5. The number of nitrogens with zero attached hydrogens (tertiary/aromatic N) is 1. The Balaban J connectivity index is 1.88. The van der Waals surface area contributed by atoms with Crippen LogP contribution in [0.1, 0.15) is 12.5 Å². The molecule has 0 aromatic heterocycles. The fraction of sp³-hybridized carbons (Fsp3) is 0.235. The number of para-hydroxylation sites is 3. The van der Waals surface area contributed by atoms with Gasteiger partial charge in [-0.2, -0.15) is 0 Å². The first-order chi connectivity index (χ1) is 10.8. The molecule has 0 unspecified atom stereocenters. The van der Waals surface area contributed by atoms with Crippen molar-refractivity contribution < 1.29 is 19.4 Å². The van der Waals surface area contributed by atoms with Gasteiger partial charge in [0.15, 0.2) is 11.5 Å². The normalized spacial score (nSPS) is 10.6. The zero-order valence-corrected chi connectivity index (χ0v) is 12.4. The first-order valence-electron chi connectivity index (χ1n) is 7.09. The third-order valence-corrected chi connectivity index (χ3v) is 2.86. The fourth-order valence-electron chi connectivity index (χ4n) is 1.93. The van der Waals surface area contributed by atoms with Crippen LogP contribution >= 0.6 is 0 Å². The van der Waals surface area contributed by atoms with Gasteiger partial charge in [-0.25, -0.2) is 0 Å². The Hall–Kier alpha value is -2.69. The second-order valence-corrected chi connectivity index (χ2v) is 4.36. The molecule has 0 aliphatic heterocycles. The van der Waals surface area contributed by atoms with Crippen LogP contribution in [0.4, 0.5) is 0 Å². The van der Waals surface area contributed by atoms with Gasteiger partial charge in [0.05, 0.1) is 12.8 Å². The van der Waals surface area contributed by atoms with Crippen molar-refractivity contribution in [3.63, 3.8) is 0 Å². The number of hydrogen-bond acceptors (Lipinski definition) is 5. The van der Waals surface area contributed by atoms with E-state index in [9.17, 15) is 0 Å². The molecule has 0 heterocycles. The Morgan fingerprint density at radius 3 is 2.05 bits per heavy atom. The van der Waals surface area contributed by atoms with E-state index in [2.05, 4.69) is 5.16 Å². The van der Waals surface area contributed by atoms with Crippen LogP contribution in [0.5, 0.6) is 17.2 Å². The van der Waals surface area contributed by atoms with Crippen molar-refractivity contribution in [2.24, 2.45) is 5.16 Å². The fourth-order valence-corrected chi connectivity index (χ4v) is 1.93. The highest BCUT2D eigenvalue weighted by molar-refractivity contribution is 5.82. The maximum Gasteiger partial charge on any atom is 0.161 e. The van der Waals surface area contributed by atoms with Crippen molar-refractivity contribution in [1.29, 1.82) is 0 Å². The minimum atomic E-state index is 0.372. The molecule has 5 nitrogen and oxygen atoms in total. The predicted octanol–water partition coefficient (Wildman–Crippen LogP) is 3.35. The third-order valence-electron chi connectivity index (χ3n) is 2.86. The van der Waals surface area contributed by atoms with E-state index in [4.69, 9.17) is 19.4 Å². The molecule has 0 amide bonds. The van der Waals surface area contributed by atoms with Crippen LogP contribution in [0.2, 0.25) is 0 Å². The van der Waals surface area contributed by atoms with E-state index >= 15 is 0 Å². The first kappa shape index (κ1) is 15.7. The minimum absolute atomic E-state index is 0.372. The molecule has 22 heavy (non-hydrogen) atoms. The highest BCUT2D eigenvalue weighted by Gasteiger charge is 2.04. The summed E-state index contributed by atoms with van der Waals surface area (Å²) in [5.74, 6) is 2.05. The van der Waals surface area contributed by atoms with Crippen LogP contribution in [0.25, 0.3) is 0 Å². The quantitative estimate of drug-likeness (QED) is 0.351. The van der Waals surface area contributed by atoms with E-state index in [0.717, 1.165) is 5.75 Å². The molecule has 0 atom stereocenters. The molecule has 2 aromatic rings. The lowest BCUT2D eigenvalue weighted by Crippen LogP contribution is -2.10. The molecule has 116 valence electrons. The van der Waals surface area contributed by atoms with Crippen LogP contribution < -0.4 is 14.2 Å². The van der Waals surface area contributed by atoms with Crippen LogP contribution in [0.15, 0.2) is 53.7 Å². The van der Waals surface area contributed by atoms with Gasteiger partial charge in [-0.05, 0) is 31.2 Å². The lowest BCUT2D eigenvalue weighted by molar-refractivity contribution is 0.208.